The van der Waals surface area contributed by atoms with Gasteiger partial charge < -0.3 is 19.9 Å². The smallest absolute Gasteiger partial charge is 0.307 e. The number of aliphatic carboxylic acids is 1. The summed E-state index contributed by atoms with van der Waals surface area (Å²) in [5.74, 6) is -0.453. The third kappa shape index (κ3) is 2.54. The number of carbonyl (C=O) groups excluding carboxylic acids is 1. The molecule has 1 heterocycles. The first kappa shape index (κ1) is 12.8. The summed E-state index contributed by atoms with van der Waals surface area (Å²) in [7, 11) is 0. The fourth-order valence-electron chi connectivity index (χ4n) is 2.32. The van der Waals surface area contributed by atoms with Crippen LogP contribution >= 0.6 is 0 Å². The highest BCUT2D eigenvalue weighted by molar-refractivity contribution is 5.89. The van der Waals surface area contributed by atoms with Crippen molar-refractivity contribution < 1.29 is 24.2 Å². The molecule has 3 rings (SSSR count). The molecular formula is C14H15NO5. The van der Waals surface area contributed by atoms with Gasteiger partial charge in [0.25, 0.3) is 0 Å². The lowest BCUT2D eigenvalue weighted by atomic mass is 10.1. The van der Waals surface area contributed by atoms with Gasteiger partial charge in [-0.25, -0.2) is 0 Å². The molecule has 2 aliphatic rings. The molecule has 1 aromatic carbocycles. The van der Waals surface area contributed by atoms with Crippen LogP contribution in [0.1, 0.15) is 12.0 Å². The normalized spacial score (nSPS) is 22.4. The molecule has 1 aliphatic heterocycles. The average molecular weight is 277 g/mol. The molecule has 1 amide bonds. The predicted octanol–water partition coefficient (Wildman–Crippen LogP) is 0.795. The molecule has 1 aromatic rings. The Balaban J connectivity index is 1.46. The lowest BCUT2D eigenvalue weighted by molar-refractivity contribution is -0.140. The number of hydrogen-bond donors (Lipinski definition) is 2. The largest absolute Gasteiger partial charge is 0.481 e. The molecule has 0 radical (unpaired) electrons. The van der Waals surface area contributed by atoms with Crippen LogP contribution in [-0.2, 0) is 16.0 Å². The van der Waals surface area contributed by atoms with E-state index in [1.807, 2.05) is 18.2 Å². The molecule has 6 heteroatoms. The fourth-order valence-corrected chi connectivity index (χ4v) is 2.32. The highest BCUT2D eigenvalue weighted by Gasteiger charge is 2.48. The number of hydrogen-bond acceptors (Lipinski definition) is 4. The van der Waals surface area contributed by atoms with Crippen LogP contribution in [0.15, 0.2) is 18.2 Å². The molecule has 1 fully saturated rings. The first-order valence-electron chi connectivity index (χ1n) is 6.54. The van der Waals surface area contributed by atoms with E-state index in [0.717, 1.165) is 17.1 Å². The molecule has 0 spiro atoms. The van der Waals surface area contributed by atoms with Crippen molar-refractivity contribution in [3.8, 4) is 11.5 Å². The van der Waals surface area contributed by atoms with Gasteiger partial charge in [0, 0.05) is 6.54 Å². The first-order valence-corrected chi connectivity index (χ1v) is 6.54. The number of nitrogens with one attached hydrogen (secondary N) is 1. The molecule has 1 saturated carbocycles. The van der Waals surface area contributed by atoms with Gasteiger partial charge in [-0.15, -0.1) is 0 Å². The number of carbonyl (C=O) groups is 2. The fraction of sp³-hybridized carbons (Fsp3) is 0.429. The highest BCUT2D eigenvalue weighted by Crippen LogP contribution is 2.38. The molecule has 6 nitrogen and oxygen atoms in total. The number of carboxylic acids is 1. The third-order valence-electron chi connectivity index (χ3n) is 3.59. The maximum Gasteiger partial charge on any atom is 0.307 e. The van der Waals surface area contributed by atoms with E-state index < -0.39 is 11.9 Å². The Morgan fingerprint density at radius 1 is 1.25 bits per heavy atom. The molecule has 1 aliphatic carbocycles. The van der Waals surface area contributed by atoms with Crippen LogP contribution in [0.25, 0.3) is 0 Å². The zero-order valence-corrected chi connectivity index (χ0v) is 10.8. The van der Waals surface area contributed by atoms with E-state index >= 15 is 0 Å². The van der Waals surface area contributed by atoms with Crippen LogP contribution in [0.3, 0.4) is 0 Å². The Labute approximate surface area is 115 Å². The van der Waals surface area contributed by atoms with Gasteiger partial charge in [-0.3, -0.25) is 9.59 Å². The summed E-state index contributed by atoms with van der Waals surface area (Å²) in [6.07, 6.45) is 1.12. The van der Waals surface area contributed by atoms with Crippen molar-refractivity contribution >= 4 is 11.9 Å². The molecule has 0 bridgehead atoms. The van der Waals surface area contributed by atoms with E-state index in [1.165, 1.54) is 0 Å². The predicted molar refractivity (Wildman–Crippen MR) is 68.5 cm³/mol. The van der Waals surface area contributed by atoms with E-state index in [4.69, 9.17) is 14.6 Å². The number of fused-ring (bicyclic) bond motifs is 1. The summed E-state index contributed by atoms with van der Waals surface area (Å²) in [4.78, 5) is 22.4. The van der Waals surface area contributed by atoms with E-state index in [1.54, 1.807) is 0 Å². The third-order valence-corrected chi connectivity index (χ3v) is 3.59. The van der Waals surface area contributed by atoms with Gasteiger partial charge in [0.1, 0.15) is 0 Å². The van der Waals surface area contributed by atoms with Crippen molar-refractivity contribution in [3.63, 3.8) is 0 Å². The Hall–Kier alpha value is -2.24. The van der Waals surface area contributed by atoms with Crippen LogP contribution in [0, 0.1) is 11.8 Å². The number of amides is 1. The first-order chi connectivity index (χ1) is 9.65. The zero-order chi connectivity index (χ0) is 14.1. The van der Waals surface area contributed by atoms with E-state index in [9.17, 15) is 9.59 Å². The van der Waals surface area contributed by atoms with Crippen LogP contribution in [-0.4, -0.2) is 30.3 Å². The summed E-state index contributed by atoms with van der Waals surface area (Å²) < 4.78 is 10.5. The standard InChI is InChI=1S/C14H15NO5/c16-13(9-6-10(9)14(17)18)15-4-3-8-1-2-11-12(5-8)20-7-19-11/h1-2,5,9-10H,3-4,6-7H2,(H,15,16)(H,17,18)/t9-,10+/m0/s1. The van der Waals surface area contributed by atoms with E-state index in [-0.39, 0.29) is 18.6 Å². The second-order valence-electron chi connectivity index (χ2n) is 5.02. The minimum Gasteiger partial charge on any atom is -0.481 e. The van der Waals surface area contributed by atoms with Crippen LogP contribution in [0.5, 0.6) is 11.5 Å². The van der Waals surface area contributed by atoms with Crippen molar-refractivity contribution in [3.05, 3.63) is 23.8 Å². The lowest BCUT2D eigenvalue weighted by Crippen LogP contribution is -2.28. The summed E-state index contributed by atoms with van der Waals surface area (Å²) in [6, 6.07) is 5.67. The molecule has 0 saturated heterocycles. The van der Waals surface area contributed by atoms with E-state index in [0.29, 0.717) is 19.4 Å². The van der Waals surface area contributed by atoms with Gasteiger partial charge in [-0.2, -0.15) is 0 Å². The van der Waals surface area contributed by atoms with Crippen LogP contribution < -0.4 is 14.8 Å². The molecule has 2 N–H and O–H groups in total. The molecule has 106 valence electrons. The number of ether oxygens (including phenoxy) is 2. The Morgan fingerprint density at radius 2 is 2.05 bits per heavy atom. The molecule has 0 aromatic heterocycles. The van der Waals surface area contributed by atoms with Crippen LogP contribution in [0.4, 0.5) is 0 Å². The quantitative estimate of drug-likeness (QED) is 0.831. The van der Waals surface area contributed by atoms with Gasteiger partial charge in [0.05, 0.1) is 11.8 Å². The Morgan fingerprint density at radius 3 is 2.80 bits per heavy atom. The average Bonchev–Trinajstić information content (AvgIpc) is 3.10. The maximum absolute atomic E-state index is 11.7. The van der Waals surface area contributed by atoms with Crippen LogP contribution in [0.2, 0.25) is 0 Å². The van der Waals surface area contributed by atoms with Crippen molar-refractivity contribution in [1.82, 2.24) is 5.32 Å². The highest BCUT2D eigenvalue weighted by atomic mass is 16.7. The lowest BCUT2D eigenvalue weighted by Gasteiger charge is -2.05. The number of rotatable bonds is 5. The number of carboxylic acid groups (broad SMARTS) is 1. The van der Waals surface area contributed by atoms with Crippen molar-refractivity contribution in [2.75, 3.05) is 13.3 Å². The molecule has 0 unspecified atom stereocenters. The minimum atomic E-state index is -0.888. The summed E-state index contributed by atoms with van der Waals surface area (Å²) in [6.45, 7) is 0.731. The van der Waals surface area contributed by atoms with Gasteiger partial charge in [0.2, 0.25) is 12.7 Å². The second-order valence-corrected chi connectivity index (χ2v) is 5.02. The van der Waals surface area contributed by atoms with Gasteiger partial charge in [-0.1, -0.05) is 6.07 Å². The van der Waals surface area contributed by atoms with Crippen molar-refractivity contribution in [1.29, 1.82) is 0 Å². The van der Waals surface area contributed by atoms with Crippen molar-refractivity contribution in [2.24, 2.45) is 11.8 Å². The van der Waals surface area contributed by atoms with Gasteiger partial charge in [-0.05, 0) is 30.5 Å². The minimum absolute atomic E-state index is 0.168. The summed E-state index contributed by atoms with van der Waals surface area (Å²) in [5, 5.41) is 11.5. The molecule has 2 atom stereocenters. The maximum atomic E-state index is 11.7. The zero-order valence-electron chi connectivity index (χ0n) is 10.8. The molecular weight excluding hydrogens is 262 g/mol. The topological polar surface area (TPSA) is 84.9 Å². The SMILES string of the molecule is O=C(NCCc1ccc2c(c1)OCO2)[C@H]1C[C@H]1C(=O)O. The van der Waals surface area contributed by atoms with E-state index in [2.05, 4.69) is 5.32 Å². The second kappa shape index (κ2) is 5.03. The Bertz CT molecular complexity index is 556. The molecule has 20 heavy (non-hydrogen) atoms. The monoisotopic (exact) mass is 277 g/mol. The van der Waals surface area contributed by atoms with Gasteiger partial charge in [0.15, 0.2) is 11.5 Å². The number of benzene rings is 1. The summed E-state index contributed by atoms with van der Waals surface area (Å²) in [5.41, 5.74) is 1.04. The Kier molecular flexibility index (Phi) is 3.22. The summed E-state index contributed by atoms with van der Waals surface area (Å²) >= 11 is 0. The van der Waals surface area contributed by atoms with Gasteiger partial charge >= 0.3 is 5.97 Å². The van der Waals surface area contributed by atoms with Crippen molar-refractivity contribution in [2.45, 2.75) is 12.8 Å².